The Morgan fingerprint density at radius 1 is 1.25 bits per heavy atom. The molecule has 1 atom stereocenters. The van der Waals surface area contributed by atoms with Crippen molar-refractivity contribution in [3.05, 3.63) is 23.8 Å². The van der Waals surface area contributed by atoms with Gasteiger partial charge < -0.3 is 19.5 Å². The lowest BCUT2D eigenvalue weighted by atomic mass is 10.1. The van der Waals surface area contributed by atoms with E-state index in [0.29, 0.717) is 32.7 Å². The standard InChI is InChI=1S/C15H19NO4/c17-10-12-8-15(18)16(9-12)4-3-11-1-2-13-14(7-11)20-6-5-19-13/h1-2,7,12,17H,3-6,8-10H2. The van der Waals surface area contributed by atoms with Gasteiger partial charge in [0.2, 0.25) is 5.91 Å². The zero-order valence-electron chi connectivity index (χ0n) is 11.4. The van der Waals surface area contributed by atoms with Crippen LogP contribution in [0.3, 0.4) is 0 Å². The van der Waals surface area contributed by atoms with Gasteiger partial charge in [0, 0.05) is 32.0 Å². The summed E-state index contributed by atoms with van der Waals surface area (Å²) >= 11 is 0. The van der Waals surface area contributed by atoms with E-state index in [1.54, 1.807) is 0 Å². The van der Waals surface area contributed by atoms with Gasteiger partial charge in [0.15, 0.2) is 11.5 Å². The molecule has 0 aliphatic carbocycles. The van der Waals surface area contributed by atoms with E-state index >= 15 is 0 Å². The molecule has 108 valence electrons. The number of carbonyl (C=O) groups is 1. The molecule has 20 heavy (non-hydrogen) atoms. The number of benzene rings is 1. The van der Waals surface area contributed by atoms with E-state index in [1.807, 2.05) is 23.1 Å². The minimum absolute atomic E-state index is 0.0895. The number of aliphatic hydroxyl groups is 1. The van der Waals surface area contributed by atoms with Crippen LogP contribution in [0.5, 0.6) is 11.5 Å². The third-order valence-corrected chi connectivity index (χ3v) is 3.83. The average Bonchev–Trinajstić information content (AvgIpc) is 2.85. The summed E-state index contributed by atoms with van der Waals surface area (Å²) in [6.07, 6.45) is 1.26. The molecule has 2 aliphatic rings. The fraction of sp³-hybridized carbons (Fsp3) is 0.533. The highest BCUT2D eigenvalue weighted by Gasteiger charge is 2.28. The molecule has 5 heteroatoms. The number of likely N-dealkylation sites (tertiary alicyclic amines) is 1. The van der Waals surface area contributed by atoms with E-state index < -0.39 is 0 Å². The summed E-state index contributed by atoms with van der Waals surface area (Å²) in [7, 11) is 0. The van der Waals surface area contributed by atoms with Crippen LogP contribution in [-0.2, 0) is 11.2 Å². The van der Waals surface area contributed by atoms with Crippen LogP contribution in [0, 0.1) is 5.92 Å². The fourth-order valence-electron chi connectivity index (χ4n) is 2.70. The van der Waals surface area contributed by atoms with Crippen molar-refractivity contribution < 1.29 is 19.4 Å². The SMILES string of the molecule is O=C1CC(CO)CN1CCc1ccc2c(c1)OCCO2. The Morgan fingerprint density at radius 2 is 2.05 bits per heavy atom. The summed E-state index contributed by atoms with van der Waals surface area (Å²) in [4.78, 5) is 13.6. The highest BCUT2D eigenvalue weighted by atomic mass is 16.6. The van der Waals surface area contributed by atoms with Crippen molar-refractivity contribution in [1.29, 1.82) is 0 Å². The van der Waals surface area contributed by atoms with E-state index in [2.05, 4.69) is 0 Å². The van der Waals surface area contributed by atoms with Crippen LogP contribution in [-0.4, -0.2) is 48.8 Å². The van der Waals surface area contributed by atoms with Gasteiger partial charge in [-0.15, -0.1) is 0 Å². The molecule has 0 saturated carbocycles. The molecule has 1 aromatic rings. The Kier molecular flexibility index (Phi) is 3.78. The monoisotopic (exact) mass is 277 g/mol. The van der Waals surface area contributed by atoms with Crippen molar-refractivity contribution in [3.8, 4) is 11.5 Å². The Labute approximate surface area is 118 Å². The predicted molar refractivity (Wildman–Crippen MR) is 72.9 cm³/mol. The molecule has 2 aliphatic heterocycles. The predicted octanol–water partition coefficient (Wildman–Crippen LogP) is 0.841. The molecule has 1 unspecified atom stereocenters. The fourth-order valence-corrected chi connectivity index (χ4v) is 2.70. The molecule has 2 heterocycles. The molecule has 0 spiro atoms. The molecule has 1 aromatic carbocycles. The van der Waals surface area contributed by atoms with Gasteiger partial charge in [-0.2, -0.15) is 0 Å². The smallest absolute Gasteiger partial charge is 0.223 e. The van der Waals surface area contributed by atoms with Gasteiger partial charge >= 0.3 is 0 Å². The minimum Gasteiger partial charge on any atom is -0.486 e. The third kappa shape index (κ3) is 2.72. The van der Waals surface area contributed by atoms with E-state index in [0.717, 1.165) is 23.5 Å². The zero-order chi connectivity index (χ0) is 13.9. The van der Waals surface area contributed by atoms with Gasteiger partial charge in [-0.05, 0) is 24.1 Å². The van der Waals surface area contributed by atoms with Crippen LogP contribution >= 0.6 is 0 Å². The largest absolute Gasteiger partial charge is 0.486 e. The molecule has 1 saturated heterocycles. The van der Waals surface area contributed by atoms with Gasteiger partial charge in [-0.3, -0.25) is 4.79 Å². The zero-order valence-corrected chi connectivity index (χ0v) is 11.4. The first-order valence-corrected chi connectivity index (χ1v) is 7.03. The van der Waals surface area contributed by atoms with E-state index in [4.69, 9.17) is 14.6 Å². The normalized spacial score (nSPS) is 21.4. The van der Waals surface area contributed by atoms with Gasteiger partial charge in [0.1, 0.15) is 13.2 Å². The van der Waals surface area contributed by atoms with Crippen molar-refractivity contribution in [2.24, 2.45) is 5.92 Å². The van der Waals surface area contributed by atoms with E-state index in [1.165, 1.54) is 0 Å². The highest BCUT2D eigenvalue weighted by molar-refractivity contribution is 5.78. The van der Waals surface area contributed by atoms with Crippen LogP contribution in [0.15, 0.2) is 18.2 Å². The van der Waals surface area contributed by atoms with Crippen LogP contribution < -0.4 is 9.47 Å². The number of rotatable bonds is 4. The maximum absolute atomic E-state index is 11.8. The Hall–Kier alpha value is -1.75. The topological polar surface area (TPSA) is 59.0 Å². The molecular formula is C15H19NO4. The minimum atomic E-state index is 0.0895. The summed E-state index contributed by atoms with van der Waals surface area (Å²) in [5.41, 5.74) is 1.13. The second kappa shape index (κ2) is 5.71. The average molecular weight is 277 g/mol. The summed E-state index contributed by atoms with van der Waals surface area (Å²) in [5.74, 6) is 1.82. The molecule has 1 fully saturated rings. The lowest BCUT2D eigenvalue weighted by Crippen LogP contribution is -2.28. The summed E-state index contributed by atoms with van der Waals surface area (Å²) in [6.45, 7) is 2.62. The molecule has 3 rings (SSSR count). The second-order valence-electron chi connectivity index (χ2n) is 5.32. The summed E-state index contributed by atoms with van der Waals surface area (Å²) in [5, 5.41) is 9.11. The number of ether oxygens (including phenoxy) is 2. The maximum atomic E-state index is 11.8. The first kappa shape index (κ1) is 13.2. The van der Waals surface area contributed by atoms with Crippen molar-refractivity contribution >= 4 is 5.91 Å². The van der Waals surface area contributed by atoms with Gasteiger partial charge in [-0.1, -0.05) is 6.07 Å². The van der Waals surface area contributed by atoms with Crippen LogP contribution in [0.2, 0.25) is 0 Å². The number of fused-ring (bicyclic) bond motifs is 1. The molecule has 1 N–H and O–H groups in total. The summed E-state index contributed by atoms with van der Waals surface area (Å²) < 4.78 is 11.0. The third-order valence-electron chi connectivity index (χ3n) is 3.83. The number of hydrogen-bond acceptors (Lipinski definition) is 4. The van der Waals surface area contributed by atoms with E-state index in [-0.39, 0.29) is 18.4 Å². The second-order valence-corrected chi connectivity index (χ2v) is 5.32. The number of aliphatic hydroxyl groups excluding tert-OH is 1. The Bertz CT molecular complexity index is 503. The lowest BCUT2D eigenvalue weighted by Gasteiger charge is -2.20. The molecule has 1 amide bonds. The van der Waals surface area contributed by atoms with Crippen LogP contribution in [0.1, 0.15) is 12.0 Å². The highest BCUT2D eigenvalue weighted by Crippen LogP contribution is 2.31. The van der Waals surface area contributed by atoms with Crippen LogP contribution in [0.4, 0.5) is 0 Å². The van der Waals surface area contributed by atoms with Crippen molar-refractivity contribution in [1.82, 2.24) is 4.90 Å². The van der Waals surface area contributed by atoms with E-state index in [9.17, 15) is 4.79 Å². The Balaban J connectivity index is 1.60. The summed E-state index contributed by atoms with van der Waals surface area (Å²) in [6, 6.07) is 5.92. The quantitative estimate of drug-likeness (QED) is 0.886. The van der Waals surface area contributed by atoms with Crippen molar-refractivity contribution in [3.63, 3.8) is 0 Å². The molecule has 0 aromatic heterocycles. The number of hydrogen-bond donors (Lipinski definition) is 1. The number of carbonyl (C=O) groups excluding carboxylic acids is 1. The first-order valence-electron chi connectivity index (χ1n) is 7.03. The van der Waals surface area contributed by atoms with Gasteiger partial charge in [0.25, 0.3) is 0 Å². The van der Waals surface area contributed by atoms with Crippen molar-refractivity contribution in [2.45, 2.75) is 12.8 Å². The maximum Gasteiger partial charge on any atom is 0.223 e. The Morgan fingerprint density at radius 3 is 2.80 bits per heavy atom. The molecular weight excluding hydrogens is 258 g/mol. The molecule has 0 bridgehead atoms. The first-order chi connectivity index (χ1) is 9.76. The lowest BCUT2D eigenvalue weighted by molar-refractivity contribution is -0.127. The molecule has 5 nitrogen and oxygen atoms in total. The van der Waals surface area contributed by atoms with Crippen LogP contribution in [0.25, 0.3) is 0 Å². The molecule has 0 radical (unpaired) electrons. The number of nitrogens with zero attached hydrogens (tertiary/aromatic N) is 1. The number of amides is 1. The van der Waals surface area contributed by atoms with Crippen molar-refractivity contribution in [2.75, 3.05) is 32.9 Å². The van der Waals surface area contributed by atoms with Gasteiger partial charge in [-0.25, -0.2) is 0 Å². The van der Waals surface area contributed by atoms with Gasteiger partial charge in [0.05, 0.1) is 0 Å².